The van der Waals surface area contributed by atoms with Crippen LogP contribution in [-0.4, -0.2) is 58.7 Å². The predicted octanol–water partition coefficient (Wildman–Crippen LogP) is 0.741. The molecule has 1 aliphatic rings. The van der Waals surface area contributed by atoms with Gasteiger partial charge in [-0.3, -0.25) is 4.99 Å². The van der Waals surface area contributed by atoms with Crippen molar-refractivity contribution in [3.8, 4) is 0 Å². The van der Waals surface area contributed by atoms with Crippen molar-refractivity contribution < 1.29 is 14.2 Å². The molecule has 0 amide bonds. The normalized spacial score (nSPS) is 19.2. The summed E-state index contributed by atoms with van der Waals surface area (Å²) in [6.07, 6.45) is 3.45. The third-order valence-corrected chi connectivity index (χ3v) is 2.67. The molecule has 0 aromatic heterocycles. The number of guanidine groups is 1. The van der Waals surface area contributed by atoms with E-state index < -0.39 is 0 Å². The van der Waals surface area contributed by atoms with Crippen molar-refractivity contribution >= 4 is 29.9 Å². The SMILES string of the molecule is COCCNC(N)=NCCCOCC1CCCO1.I. The summed E-state index contributed by atoms with van der Waals surface area (Å²) in [5.74, 6) is 0.464. The highest BCUT2D eigenvalue weighted by molar-refractivity contribution is 14.0. The number of halogens is 1. The van der Waals surface area contributed by atoms with E-state index in [1.807, 2.05) is 0 Å². The van der Waals surface area contributed by atoms with Gasteiger partial charge in [-0.15, -0.1) is 24.0 Å². The summed E-state index contributed by atoms with van der Waals surface area (Å²) in [5.41, 5.74) is 5.65. The summed E-state index contributed by atoms with van der Waals surface area (Å²) in [7, 11) is 1.65. The zero-order valence-corrected chi connectivity index (χ0v) is 13.9. The van der Waals surface area contributed by atoms with Crippen LogP contribution < -0.4 is 11.1 Å². The van der Waals surface area contributed by atoms with E-state index in [0.717, 1.165) is 25.9 Å². The number of hydrogen-bond donors (Lipinski definition) is 2. The molecule has 0 aromatic carbocycles. The lowest BCUT2D eigenvalue weighted by molar-refractivity contribution is 0.0171. The van der Waals surface area contributed by atoms with Gasteiger partial charge < -0.3 is 25.3 Å². The first-order valence-electron chi connectivity index (χ1n) is 6.55. The van der Waals surface area contributed by atoms with Crippen LogP contribution in [0.4, 0.5) is 0 Å². The quantitative estimate of drug-likeness (QED) is 0.264. The summed E-state index contributed by atoms with van der Waals surface area (Å²) >= 11 is 0. The van der Waals surface area contributed by atoms with Crippen molar-refractivity contribution in [1.29, 1.82) is 0 Å². The highest BCUT2D eigenvalue weighted by atomic mass is 127. The van der Waals surface area contributed by atoms with E-state index in [-0.39, 0.29) is 24.0 Å². The molecule has 1 heterocycles. The average Bonchev–Trinajstić information content (AvgIpc) is 2.87. The predicted molar refractivity (Wildman–Crippen MR) is 86.2 cm³/mol. The minimum atomic E-state index is 0. The molecule has 0 aliphatic carbocycles. The fourth-order valence-electron chi connectivity index (χ4n) is 1.69. The van der Waals surface area contributed by atoms with Crippen molar-refractivity contribution in [1.82, 2.24) is 5.32 Å². The number of aliphatic imine (C=N–C) groups is 1. The summed E-state index contributed by atoms with van der Waals surface area (Å²) in [6.45, 7) is 4.27. The van der Waals surface area contributed by atoms with Gasteiger partial charge in [0, 0.05) is 33.4 Å². The Morgan fingerprint density at radius 2 is 2.32 bits per heavy atom. The summed E-state index contributed by atoms with van der Waals surface area (Å²) in [4.78, 5) is 4.18. The van der Waals surface area contributed by atoms with E-state index >= 15 is 0 Å². The molecular weight excluding hydrogens is 361 g/mol. The standard InChI is InChI=1S/C12H25N3O3.HI/c1-16-9-6-15-12(13)14-5-3-7-17-10-11-4-2-8-18-11;/h11H,2-10H2,1H3,(H3,13,14,15);1H. The molecule has 7 heteroatoms. The van der Waals surface area contributed by atoms with Crippen LogP contribution in [0.5, 0.6) is 0 Å². The van der Waals surface area contributed by atoms with E-state index in [9.17, 15) is 0 Å². The van der Waals surface area contributed by atoms with Gasteiger partial charge in [0.1, 0.15) is 0 Å². The number of hydrogen-bond acceptors (Lipinski definition) is 4. The molecule has 1 aliphatic heterocycles. The van der Waals surface area contributed by atoms with Crippen molar-refractivity contribution in [2.75, 3.05) is 46.6 Å². The number of rotatable bonds is 9. The van der Waals surface area contributed by atoms with E-state index in [2.05, 4.69) is 10.3 Å². The fraction of sp³-hybridized carbons (Fsp3) is 0.917. The molecule has 0 aromatic rings. The van der Waals surface area contributed by atoms with Gasteiger partial charge in [0.15, 0.2) is 5.96 Å². The molecule has 6 nitrogen and oxygen atoms in total. The lowest BCUT2D eigenvalue weighted by atomic mass is 10.2. The van der Waals surface area contributed by atoms with Crippen LogP contribution >= 0.6 is 24.0 Å². The van der Waals surface area contributed by atoms with Crippen molar-refractivity contribution in [2.45, 2.75) is 25.4 Å². The molecule has 1 unspecified atom stereocenters. The van der Waals surface area contributed by atoms with Gasteiger partial charge in [-0.25, -0.2) is 0 Å². The monoisotopic (exact) mass is 387 g/mol. The third kappa shape index (κ3) is 10.3. The Balaban J connectivity index is 0.00000324. The van der Waals surface area contributed by atoms with Gasteiger partial charge in [0.05, 0.1) is 19.3 Å². The number of nitrogens with zero attached hydrogens (tertiary/aromatic N) is 1. The third-order valence-electron chi connectivity index (χ3n) is 2.67. The van der Waals surface area contributed by atoms with Crippen LogP contribution in [0.15, 0.2) is 4.99 Å². The fourth-order valence-corrected chi connectivity index (χ4v) is 1.69. The van der Waals surface area contributed by atoms with Crippen molar-refractivity contribution in [3.63, 3.8) is 0 Å². The molecule has 0 spiro atoms. The highest BCUT2D eigenvalue weighted by Gasteiger charge is 2.14. The Hall–Kier alpha value is -0.120. The van der Waals surface area contributed by atoms with Gasteiger partial charge in [0.25, 0.3) is 0 Å². The van der Waals surface area contributed by atoms with Gasteiger partial charge in [0.2, 0.25) is 0 Å². The zero-order valence-electron chi connectivity index (χ0n) is 11.6. The molecule has 3 N–H and O–H groups in total. The first kappa shape index (κ1) is 18.9. The molecule has 1 atom stereocenters. The maximum Gasteiger partial charge on any atom is 0.188 e. The van der Waals surface area contributed by atoms with Crippen molar-refractivity contribution in [3.05, 3.63) is 0 Å². The molecule has 19 heavy (non-hydrogen) atoms. The maximum absolute atomic E-state index is 5.65. The zero-order chi connectivity index (χ0) is 13.1. The Morgan fingerprint density at radius 3 is 3.00 bits per heavy atom. The molecule has 114 valence electrons. The van der Waals surface area contributed by atoms with Crippen LogP contribution in [0.2, 0.25) is 0 Å². The van der Waals surface area contributed by atoms with E-state index in [1.165, 1.54) is 0 Å². The van der Waals surface area contributed by atoms with E-state index in [0.29, 0.717) is 45.0 Å². The lowest BCUT2D eigenvalue weighted by Crippen LogP contribution is -2.34. The van der Waals surface area contributed by atoms with Gasteiger partial charge in [-0.05, 0) is 19.3 Å². The Bertz CT molecular complexity index is 236. The molecule has 0 saturated carbocycles. The molecule has 0 bridgehead atoms. The van der Waals surface area contributed by atoms with Crippen LogP contribution in [0, 0.1) is 0 Å². The molecule has 1 rings (SSSR count). The smallest absolute Gasteiger partial charge is 0.188 e. The highest BCUT2D eigenvalue weighted by Crippen LogP contribution is 2.11. The van der Waals surface area contributed by atoms with Gasteiger partial charge in [-0.2, -0.15) is 0 Å². The van der Waals surface area contributed by atoms with Crippen LogP contribution in [0.25, 0.3) is 0 Å². The van der Waals surface area contributed by atoms with Crippen LogP contribution in [0.1, 0.15) is 19.3 Å². The second-order valence-corrected chi connectivity index (χ2v) is 4.25. The van der Waals surface area contributed by atoms with Crippen LogP contribution in [-0.2, 0) is 14.2 Å². The number of ether oxygens (including phenoxy) is 3. The second-order valence-electron chi connectivity index (χ2n) is 4.25. The lowest BCUT2D eigenvalue weighted by Gasteiger charge is -2.09. The first-order valence-corrected chi connectivity index (χ1v) is 6.55. The Morgan fingerprint density at radius 1 is 1.47 bits per heavy atom. The number of methoxy groups -OCH3 is 1. The Labute approximate surface area is 132 Å². The molecule has 1 fully saturated rings. The Kier molecular flexibility index (Phi) is 12.8. The minimum Gasteiger partial charge on any atom is -0.383 e. The maximum atomic E-state index is 5.65. The van der Waals surface area contributed by atoms with Crippen molar-refractivity contribution in [2.24, 2.45) is 10.7 Å². The molecule has 1 saturated heterocycles. The largest absolute Gasteiger partial charge is 0.383 e. The van der Waals surface area contributed by atoms with Gasteiger partial charge >= 0.3 is 0 Å². The number of nitrogens with one attached hydrogen (secondary N) is 1. The topological polar surface area (TPSA) is 78.1 Å². The van der Waals surface area contributed by atoms with E-state index in [4.69, 9.17) is 19.9 Å². The summed E-state index contributed by atoms with van der Waals surface area (Å²) in [5, 5.41) is 2.96. The summed E-state index contributed by atoms with van der Waals surface area (Å²) in [6, 6.07) is 0. The molecular formula is C12H26IN3O3. The second kappa shape index (κ2) is 12.9. The molecule has 0 radical (unpaired) electrons. The van der Waals surface area contributed by atoms with Gasteiger partial charge in [-0.1, -0.05) is 0 Å². The average molecular weight is 387 g/mol. The first-order chi connectivity index (χ1) is 8.83. The van der Waals surface area contributed by atoms with Crippen LogP contribution in [0.3, 0.4) is 0 Å². The minimum absolute atomic E-state index is 0. The summed E-state index contributed by atoms with van der Waals surface area (Å²) < 4.78 is 15.9. The number of nitrogens with two attached hydrogens (primary N) is 1. The van der Waals surface area contributed by atoms with E-state index in [1.54, 1.807) is 7.11 Å².